The highest BCUT2D eigenvalue weighted by molar-refractivity contribution is 7.98. The molecule has 0 aromatic carbocycles. The third-order valence-electron chi connectivity index (χ3n) is 4.30. The van der Waals surface area contributed by atoms with Crippen LogP contribution in [0.15, 0.2) is 48.4 Å². The number of thioether (sulfide) groups is 1. The first-order chi connectivity index (χ1) is 11.8. The molecule has 0 spiro atoms. The molecule has 4 rings (SSSR count). The minimum atomic E-state index is 0.128. The summed E-state index contributed by atoms with van der Waals surface area (Å²) in [5.74, 6) is 0. The van der Waals surface area contributed by atoms with Crippen molar-refractivity contribution in [1.82, 2.24) is 29.8 Å². The van der Waals surface area contributed by atoms with E-state index in [2.05, 4.69) is 42.0 Å². The quantitative estimate of drug-likeness (QED) is 0.582. The molecule has 6 nitrogen and oxygen atoms in total. The van der Waals surface area contributed by atoms with E-state index in [1.165, 1.54) is 11.3 Å². The van der Waals surface area contributed by atoms with Crippen molar-refractivity contribution in [3.8, 4) is 0 Å². The molecule has 0 fully saturated rings. The van der Waals surface area contributed by atoms with E-state index in [-0.39, 0.29) is 6.04 Å². The Bertz CT molecular complexity index is 801. The molecule has 3 aromatic rings. The van der Waals surface area contributed by atoms with E-state index in [1.54, 1.807) is 18.1 Å². The summed E-state index contributed by atoms with van der Waals surface area (Å²) >= 11 is 1.56. The Hall–Kier alpha value is -2.25. The van der Waals surface area contributed by atoms with Crippen LogP contribution in [0.1, 0.15) is 28.6 Å². The summed E-state index contributed by atoms with van der Waals surface area (Å²) in [5.41, 5.74) is 4.65. The number of hydrogen-bond acceptors (Lipinski definition) is 6. The lowest BCUT2D eigenvalue weighted by Gasteiger charge is -2.35. The molecule has 7 heteroatoms. The van der Waals surface area contributed by atoms with Gasteiger partial charge in [0.15, 0.2) is 5.16 Å². The third-order valence-corrected chi connectivity index (χ3v) is 4.87. The molecule has 122 valence electrons. The zero-order valence-electron chi connectivity index (χ0n) is 13.4. The molecule has 1 aliphatic heterocycles. The van der Waals surface area contributed by atoms with Gasteiger partial charge < -0.3 is 4.98 Å². The SMILES string of the molecule is CSc1ncc(CN2CCc3[nH]cnc3C2c2ccncc2)cn1. The Morgan fingerprint density at radius 2 is 2.00 bits per heavy atom. The van der Waals surface area contributed by atoms with Crippen LogP contribution in [-0.2, 0) is 13.0 Å². The topological polar surface area (TPSA) is 70.6 Å². The van der Waals surface area contributed by atoms with Gasteiger partial charge >= 0.3 is 0 Å². The highest BCUT2D eigenvalue weighted by Gasteiger charge is 2.30. The zero-order valence-corrected chi connectivity index (χ0v) is 14.2. The lowest BCUT2D eigenvalue weighted by atomic mass is 9.96. The summed E-state index contributed by atoms with van der Waals surface area (Å²) in [7, 11) is 0. The average molecular weight is 338 g/mol. The number of hydrogen-bond donors (Lipinski definition) is 1. The minimum Gasteiger partial charge on any atom is -0.348 e. The van der Waals surface area contributed by atoms with Gasteiger partial charge in [0.1, 0.15) is 0 Å². The Morgan fingerprint density at radius 3 is 2.75 bits per heavy atom. The lowest BCUT2D eigenvalue weighted by molar-refractivity contribution is 0.199. The average Bonchev–Trinajstić information content (AvgIpc) is 3.11. The Balaban J connectivity index is 1.65. The van der Waals surface area contributed by atoms with E-state index < -0.39 is 0 Å². The van der Waals surface area contributed by atoms with Crippen LogP contribution in [0.3, 0.4) is 0 Å². The maximum absolute atomic E-state index is 4.58. The number of aromatic amines is 1. The first kappa shape index (κ1) is 15.3. The van der Waals surface area contributed by atoms with Gasteiger partial charge in [0.25, 0.3) is 0 Å². The maximum atomic E-state index is 4.58. The number of pyridine rings is 1. The number of H-pyrrole nitrogens is 1. The molecule has 4 heterocycles. The van der Waals surface area contributed by atoms with Crippen LogP contribution in [-0.4, -0.2) is 42.6 Å². The predicted octanol–water partition coefficient (Wildman–Crippen LogP) is 2.46. The Labute approximate surface area is 144 Å². The van der Waals surface area contributed by atoms with Crippen LogP contribution in [0, 0.1) is 0 Å². The predicted molar refractivity (Wildman–Crippen MR) is 92.6 cm³/mol. The van der Waals surface area contributed by atoms with E-state index in [0.717, 1.165) is 35.9 Å². The van der Waals surface area contributed by atoms with Crippen LogP contribution < -0.4 is 0 Å². The first-order valence-corrected chi connectivity index (χ1v) is 9.08. The molecule has 0 saturated heterocycles. The zero-order chi connectivity index (χ0) is 16.4. The molecular formula is C17H18N6S. The van der Waals surface area contributed by atoms with Gasteiger partial charge in [-0.1, -0.05) is 11.8 Å². The molecule has 0 bridgehead atoms. The van der Waals surface area contributed by atoms with Crippen LogP contribution >= 0.6 is 11.8 Å². The van der Waals surface area contributed by atoms with Crippen molar-refractivity contribution < 1.29 is 0 Å². The van der Waals surface area contributed by atoms with Gasteiger partial charge in [-0.15, -0.1) is 0 Å². The molecule has 0 saturated carbocycles. The van der Waals surface area contributed by atoms with E-state index in [9.17, 15) is 0 Å². The molecule has 0 amide bonds. The summed E-state index contributed by atoms with van der Waals surface area (Å²) in [4.78, 5) is 23.2. The normalized spacial score (nSPS) is 17.6. The molecule has 1 aliphatic rings. The Morgan fingerprint density at radius 1 is 1.21 bits per heavy atom. The number of imidazole rings is 1. The molecule has 1 atom stereocenters. The number of fused-ring (bicyclic) bond motifs is 1. The molecule has 1 N–H and O–H groups in total. The number of rotatable bonds is 4. The summed E-state index contributed by atoms with van der Waals surface area (Å²) in [6.07, 6.45) is 12.3. The van der Waals surface area contributed by atoms with Gasteiger partial charge in [-0.05, 0) is 24.0 Å². The van der Waals surface area contributed by atoms with E-state index in [0.29, 0.717) is 0 Å². The summed E-state index contributed by atoms with van der Waals surface area (Å²) in [6, 6.07) is 4.26. The van der Waals surface area contributed by atoms with Crippen molar-refractivity contribution in [3.05, 3.63) is 65.8 Å². The van der Waals surface area contributed by atoms with Gasteiger partial charge in [-0.2, -0.15) is 0 Å². The van der Waals surface area contributed by atoms with Crippen LogP contribution in [0.2, 0.25) is 0 Å². The van der Waals surface area contributed by atoms with Crippen LogP contribution in [0.25, 0.3) is 0 Å². The number of nitrogens with zero attached hydrogens (tertiary/aromatic N) is 5. The van der Waals surface area contributed by atoms with Crippen molar-refractivity contribution in [3.63, 3.8) is 0 Å². The third kappa shape index (κ3) is 2.92. The fraction of sp³-hybridized carbons (Fsp3) is 0.294. The number of nitrogens with one attached hydrogen (secondary N) is 1. The molecule has 1 unspecified atom stereocenters. The van der Waals surface area contributed by atoms with Crippen molar-refractivity contribution in [2.75, 3.05) is 12.8 Å². The van der Waals surface area contributed by atoms with Gasteiger partial charge in [-0.25, -0.2) is 15.0 Å². The molecule has 0 radical (unpaired) electrons. The van der Waals surface area contributed by atoms with Gasteiger partial charge in [0.05, 0.1) is 18.1 Å². The Kier molecular flexibility index (Phi) is 4.27. The van der Waals surface area contributed by atoms with E-state index in [4.69, 9.17) is 0 Å². The first-order valence-electron chi connectivity index (χ1n) is 7.86. The highest BCUT2D eigenvalue weighted by atomic mass is 32.2. The fourth-order valence-corrected chi connectivity index (χ4v) is 3.49. The lowest BCUT2D eigenvalue weighted by Crippen LogP contribution is -2.35. The second-order valence-corrected chi connectivity index (χ2v) is 6.52. The fourth-order valence-electron chi connectivity index (χ4n) is 3.17. The monoisotopic (exact) mass is 338 g/mol. The summed E-state index contributed by atoms with van der Waals surface area (Å²) < 4.78 is 0. The van der Waals surface area contributed by atoms with Gasteiger partial charge in [-0.3, -0.25) is 9.88 Å². The van der Waals surface area contributed by atoms with E-state index in [1.807, 2.05) is 31.0 Å². The molecule has 24 heavy (non-hydrogen) atoms. The van der Waals surface area contributed by atoms with Gasteiger partial charge in [0.2, 0.25) is 0 Å². The van der Waals surface area contributed by atoms with Crippen molar-refractivity contribution in [1.29, 1.82) is 0 Å². The minimum absolute atomic E-state index is 0.128. The summed E-state index contributed by atoms with van der Waals surface area (Å²) in [6.45, 7) is 1.76. The molecule has 0 aliphatic carbocycles. The van der Waals surface area contributed by atoms with Crippen molar-refractivity contribution in [2.45, 2.75) is 24.2 Å². The van der Waals surface area contributed by atoms with Gasteiger partial charge in [0, 0.05) is 55.6 Å². The molecule has 3 aromatic heterocycles. The smallest absolute Gasteiger partial charge is 0.187 e. The highest BCUT2D eigenvalue weighted by Crippen LogP contribution is 2.33. The van der Waals surface area contributed by atoms with Crippen molar-refractivity contribution >= 4 is 11.8 Å². The molecular weight excluding hydrogens is 320 g/mol. The largest absolute Gasteiger partial charge is 0.348 e. The second kappa shape index (κ2) is 6.70. The second-order valence-electron chi connectivity index (χ2n) is 5.75. The van der Waals surface area contributed by atoms with Crippen molar-refractivity contribution in [2.24, 2.45) is 0 Å². The maximum Gasteiger partial charge on any atom is 0.187 e. The number of aromatic nitrogens is 5. The van der Waals surface area contributed by atoms with E-state index >= 15 is 0 Å². The summed E-state index contributed by atoms with van der Waals surface area (Å²) in [5, 5.41) is 0.803. The van der Waals surface area contributed by atoms with Crippen LogP contribution in [0.5, 0.6) is 0 Å². The van der Waals surface area contributed by atoms with Crippen LogP contribution in [0.4, 0.5) is 0 Å². The standard InChI is InChI=1S/C17H18N6S/c1-24-17-19-8-12(9-20-17)10-23-7-4-14-15(22-11-21-14)16(23)13-2-5-18-6-3-13/h2-3,5-6,8-9,11,16H,4,7,10H2,1H3,(H,21,22).